The van der Waals surface area contributed by atoms with Crippen LogP contribution in [0.1, 0.15) is 36.7 Å². The largest absolute Gasteiger partial charge is 0.358 e. The van der Waals surface area contributed by atoms with Crippen molar-refractivity contribution in [2.24, 2.45) is 0 Å². The number of anilines is 1. The second kappa shape index (κ2) is 9.48. The summed E-state index contributed by atoms with van der Waals surface area (Å²) in [6, 6.07) is 17.5. The van der Waals surface area contributed by atoms with Gasteiger partial charge in [-0.3, -0.25) is 9.97 Å². The Morgan fingerprint density at radius 2 is 1.79 bits per heavy atom. The Morgan fingerprint density at radius 1 is 1.03 bits per heavy atom. The number of alkyl halides is 2. The van der Waals surface area contributed by atoms with Crippen LogP contribution in [0.4, 0.5) is 14.5 Å². The fourth-order valence-corrected chi connectivity index (χ4v) is 4.94. The summed E-state index contributed by atoms with van der Waals surface area (Å²) in [6.07, 6.45) is 3.41. The number of thioether (sulfide) groups is 1. The molecule has 33 heavy (non-hydrogen) atoms. The van der Waals surface area contributed by atoms with Crippen molar-refractivity contribution >= 4 is 23.0 Å². The van der Waals surface area contributed by atoms with E-state index in [1.165, 1.54) is 10.5 Å². The maximum atomic E-state index is 13.9. The second-order valence-corrected chi connectivity index (χ2v) is 9.74. The van der Waals surface area contributed by atoms with Crippen molar-refractivity contribution in [2.75, 3.05) is 11.1 Å². The van der Waals surface area contributed by atoms with Crippen molar-refractivity contribution in [3.05, 3.63) is 103 Å². The van der Waals surface area contributed by atoms with E-state index in [9.17, 15) is 8.78 Å². The fourth-order valence-electron chi connectivity index (χ4n) is 4.28. The van der Waals surface area contributed by atoms with Crippen LogP contribution >= 0.6 is 11.8 Å². The third-order valence-electron chi connectivity index (χ3n) is 5.90. The van der Waals surface area contributed by atoms with E-state index in [2.05, 4.69) is 59.6 Å². The molecule has 3 aromatic rings. The third-order valence-corrected chi connectivity index (χ3v) is 6.79. The van der Waals surface area contributed by atoms with Crippen LogP contribution in [0, 0.1) is 0 Å². The Hall–Kier alpha value is -2.99. The first-order valence-corrected chi connectivity index (χ1v) is 11.9. The molecule has 0 spiro atoms. The SMILES string of the molecule is C=C(Cc1ccc(SCC)cc1)Nc1ccc(C(=C)C2(c3ccccn3)CC(F)(F)C2)nc1. The van der Waals surface area contributed by atoms with Crippen LogP contribution in [0.5, 0.6) is 0 Å². The van der Waals surface area contributed by atoms with Crippen molar-refractivity contribution in [2.45, 2.75) is 42.4 Å². The van der Waals surface area contributed by atoms with Gasteiger partial charge in [-0.2, -0.15) is 0 Å². The highest BCUT2D eigenvalue weighted by atomic mass is 32.2. The van der Waals surface area contributed by atoms with Crippen LogP contribution in [-0.4, -0.2) is 21.6 Å². The molecule has 1 N–H and O–H groups in total. The smallest absolute Gasteiger partial charge is 0.250 e. The quantitative estimate of drug-likeness (QED) is 0.342. The van der Waals surface area contributed by atoms with E-state index in [-0.39, 0.29) is 12.8 Å². The molecule has 170 valence electrons. The van der Waals surface area contributed by atoms with Crippen LogP contribution in [-0.2, 0) is 11.8 Å². The molecule has 1 saturated carbocycles. The summed E-state index contributed by atoms with van der Waals surface area (Å²) < 4.78 is 27.9. The number of rotatable bonds is 9. The number of nitrogens with one attached hydrogen (secondary N) is 1. The van der Waals surface area contributed by atoms with Gasteiger partial charge in [0.15, 0.2) is 0 Å². The average molecular weight is 464 g/mol. The van der Waals surface area contributed by atoms with Crippen molar-refractivity contribution in [1.82, 2.24) is 9.97 Å². The molecule has 0 saturated heterocycles. The summed E-state index contributed by atoms with van der Waals surface area (Å²) in [5.41, 5.74) is 3.71. The van der Waals surface area contributed by atoms with Crippen molar-refractivity contribution < 1.29 is 8.78 Å². The standard InChI is InChI=1S/C27H27F2N3S/c1-4-33-23-11-8-21(9-12-23)15-19(2)32-22-10-13-24(31-16-22)20(3)26(17-27(28,29)18-26)25-7-5-6-14-30-25/h5-14,16,32H,2-4,15,17-18H2,1H3. The maximum Gasteiger partial charge on any atom is 0.250 e. The van der Waals surface area contributed by atoms with E-state index in [1.807, 2.05) is 30.0 Å². The maximum absolute atomic E-state index is 13.9. The molecule has 3 nitrogen and oxygen atoms in total. The van der Waals surface area contributed by atoms with Crippen LogP contribution in [0.3, 0.4) is 0 Å². The Balaban J connectivity index is 1.43. The highest BCUT2D eigenvalue weighted by Crippen LogP contribution is 2.58. The zero-order chi connectivity index (χ0) is 23.5. The van der Waals surface area contributed by atoms with Gasteiger partial charge in [0.05, 0.1) is 28.7 Å². The molecule has 2 heterocycles. The minimum atomic E-state index is -2.72. The number of nitrogens with zero attached hydrogens (tertiary/aromatic N) is 2. The van der Waals surface area contributed by atoms with Crippen LogP contribution in [0.25, 0.3) is 5.57 Å². The number of benzene rings is 1. The summed E-state index contributed by atoms with van der Waals surface area (Å²) in [5.74, 6) is -1.67. The zero-order valence-electron chi connectivity index (χ0n) is 18.7. The van der Waals surface area contributed by atoms with Crippen molar-refractivity contribution in [1.29, 1.82) is 0 Å². The van der Waals surface area contributed by atoms with E-state index in [0.29, 0.717) is 23.4 Å². The van der Waals surface area contributed by atoms with Gasteiger partial charge in [-0.1, -0.05) is 38.3 Å². The van der Waals surface area contributed by atoms with E-state index >= 15 is 0 Å². The number of allylic oxidation sites excluding steroid dienone is 2. The Morgan fingerprint density at radius 3 is 2.36 bits per heavy atom. The van der Waals surface area contributed by atoms with Crippen molar-refractivity contribution in [3.63, 3.8) is 0 Å². The van der Waals surface area contributed by atoms with Gasteiger partial charge in [0.2, 0.25) is 0 Å². The number of hydrogen-bond donors (Lipinski definition) is 1. The Bertz CT molecular complexity index is 1120. The Labute approximate surface area is 198 Å². The number of pyridine rings is 2. The average Bonchev–Trinajstić information content (AvgIpc) is 2.79. The second-order valence-electron chi connectivity index (χ2n) is 8.40. The molecule has 1 aliphatic rings. The molecule has 1 aliphatic carbocycles. The zero-order valence-corrected chi connectivity index (χ0v) is 19.5. The number of hydrogen-bond acceptors (Lipinski definition) is 4. The minimum absolute atomic E-state index is 0.302. The highest BCUT2D eigenvalue weighted by molar-refractivity contribution is 7.99. The highest BCUT2D eigenvalue weighted by Gasteiger charge is 2.59. The normalized spacial score (nSPS) is 16.0. The monoisotopic (exact) mass is 463 g/mol. The van der Waals surface area contributed by atoms with Crippen LogP contribution < -0.4 is 5.32 Å². The molecule has 2 aromatic heterocycles. The van der Waals surface area contributed by atoms with Gasteiger partial charge in [-0.05, 0) is 53.3 Å². The lowest BCUT2D eigenvalue weighted by Crippen LogP contribution is -2.50. The molecule has 0 amide bonds. The lowest BCUT2D eigenvalue weighted by molar-refractivity contribution is -0.109. The van der Waals surface area contributed by atoms with Crippen molar-refractivity contribution in [3.8, 4) is 0 Å². The molecule has 1 fully saturated rings. The molecule has 1 aromatic carbocycles. The predicted molar refractivity (Wildman–Crippen MR) is 133 cm³/mol. The first-order chi connectivity index (χ1) is 15.8. The van der Waals surface area contributed by atoms with Gasteiger partial charge < -0.3 is 5.32 Å². The summed E-state index contributed by atoms with van der Waals surface area (Å²) in [7, 11) is 0. The summed E-state index contributed by atoms with van der Waals surface area (Å²) in [5, 5.41) is 3.28. The molecule has 4 rings (SSSR count). The molecular weight excluding hydrogens is 436 g/mol. The molecule has 0 aliphatic heterocycles. The van der Waals surface area contributed by atoms with E-state index in [1.54, 1.807) is 24.5 Å². The first-order valence-electron chi connectivity index (χ1n) is 10.9. The molecule has 0 radical (unpaired) electrons. The number of aromatic nitrogens is 2. The van der Waals surface area contributed by atoms with E-state index < -0.39 is 11.3 Å². The first kappa shape index (κ1) is 23.2. The van der Waals surface area contributed by atoms with Gasteiger partial charge in [-0.15, -0.1) is 11.8 Å². The number of halogens is 2. The summed E-state index contributed by atoms with van der Waals surface area (Å²) >= 11 is 1.82. The fraction of sp³-hybridized carbons (Fsp3) is 0.259. The lowest BCUT2D eigenvalue weighted by atomic mass is 9.59. The van der Waals surface area contributed by atoms with Gasteiger partial charge in [-0.25, -0.2) is 8.78 Å². The minimum Gasteiger partial charge on any atom is -0.358 e. The molecule has 0 atom stereocenters. The van der Waals surface area contributed by atoms with E-state index in [4.69, 9.17) is 0 Å². The van der Waals surface area contributed by atoms with Crippen LogP contribution in [0.15, 0.2) is 90.7 Å². The van der Waals surface area contributed by atoms with E-state index in [0.717, 1.165) is 17.1 Å². The van der Waals surface area contributed by atoms with Gasteiger partial charge in [0.25, 0.3) is 5.92 Å². The molecule has 6 heteroatoms. The topological polar surface area (TPSA) is 37.8 Å². The third kappa shape index (κ3) is 5.17. The summed E-state index contributed by atoms with van der Waals surface area (Å²) in [4.78, 5) is 10.1. The molecular formula is C27H27F2N3S. The predicted octanol–water partition coefficient (Wildman–Crippen LogP) is 7.14. The van der Waals surface area contributed by atoms with Crippen LogP contribution in [0.2, 0.25) is 0 Å². The Kier molecular flexibility index (Phi) is 6.66. The summed E-state index contributed by atoms with van der Waals surface area (Å²) in [6.45, 7) is 10.4. The molecule has 0 unspecified atom stereocenters. The van der Waals surface area contributed by atoms with Gasteiger partial charge in [0.1, 0.15) is 0 Å². The van der Waals surface area contributed by atoms with Gasteiger partial charge >= 0.3 is 0 Å². The lowest BCUT2D eigenvalue weighted by Gasteiger charge is -2.48. The molecule has 0 bridgehead atoms. The van der Waals surface area contributed by atoms with Gasteiger partial charge in [0, 0.05) is 36.1 Å².